The molecule has 1 fully saturated rings. The minimum absolute atomic E-state index is 0.0325. The van der Waals surface area contributed by atoms with Gasteiger partial charge in [0.15, 0.2) is 0 Å². The third-order valence-electron chi connectivity index (χ3n) is 6.42. The smallest absolute Gasteiger partial charge is 0.250 e. The molecule has 0 N–H and O–H groups in total. The van der Waals surface area contributed by atoms with Gasteiger partial charge in [-0.25, -0.2) is 5.06 Å². The topological polar surface area (TPSA) is 38.8 Å². The van der Waals surface area contributed by atoms with Crippen molar-refractivity contribution in [1.82, 2.24) is 5.06 Å². The first-order valence-electron chi connectivity index (χ1n) is 11.9. The fraction of sp³-hybridized carbons (Fsp3) is 0.233. The largest absolute Gasteiger partial charge is 0.361 e. The zero-order valence-corrected chi connectivity index (χ0v) is 19.1. The van der Waals surface area contributed by atoms with Crippen LogP contribution in [-0.2, 0) is 20.0 Å². The molecule has 0 unspecified atom stereocenters. The molecule has 34 heavy (non-hydrogen) atoms. The van der Waals surface area contributed by atoms with Gasteiger partial charge in [-0.05, 0) is 23.1 Å². The fourth-order valence-corrected chi connectivity index (χ4v) is 4.83. The summed E-state index contributed by atoms with van der Waals surface area (Å²) in [5.41, 5.74) is 2.58. The lowest BCUT2D eigenvalue weighted by atomic mass is 9.80. The summed E-state index contributed by atoms with van der Waals surface area (Å²) in [7, 11) is 0. The number of hydrogen-bond donors (Lipinski definition) is 0. The van der Waals surface area contributed by atoms with E-state index in [2.05, 4.69) is 91.0 Å². The molecule has 0 bridgehead atoms. The van der Waals surface area contributed by atoms with Crippen LogP contribution in [0.25, 0.3) is 0 Å². The summed E-state index contributed by atoms with van der Waals surface area (Å²) in [5, 5.41) is 1.52. The van der Waals surface area contributed by atoms with Crippen LogP contribution in [0.15, 0.2) is 115 Å². The number of carbonyl (C=O) groups excluding carboxylic acids is 1. The van der Waals surface area contributed by atoms with Crippen molar-refractivity contribution >= 4 is 5.91 Å². The highest BCUT2D eigenvalue weighted by Crippen LogP contribution is 2.40. The Morgan fingerprint density at radius 2 is 1.44 bits per heavy atom. The second-order valence-corrected chi connectivity index (χ2v) is 8.64. The molecule has 0 aliphatic carbocycles. The first-order valence-corrected chi connectivity index (χ1v) is 11.9. The highest BCUT2D eigenvalue weighted by Gasteiger charge is 2.37. The van der Waals surface area contributed by atoms with E-state index in [9.17, 15) is 4.79 Å². The zero-order chi connectivity index (χ0) is 23.2. The van der Waals surface area contributed by atoms with Gasteiger partial charge in [-0.3, -0.25) is 9.63 Å². The van der Waals surface area contributed by atoms with Crippen LogP contribution >= 0.6 is 0 Å². The molecule has 0 radical (unpaired) electrons. The molecule has 2 aliphatic rings. The van der Waals surface area contributed by atoms with E-state index < -0.39 is 5.60 Å². The first kappa shape index (κ1) is 22.3. The van der Waals surface area contributed by atoms with Crippen molar-refractivity contribution in [3.8, 4) is 0 Å². The number of benzene rings is 3. The van der Waals surface area contributed by atoms with Gasteiger partial charge in [0.25, 0.3) is 5.91 Å². The average Bonchev–Trinajstić information content (AvgIpc) is 3.32. The number of rotatable bonds is 8. The van der Waals surface area contributed by atoms with Gasteiger partial charge < -0.3 is 4.74 Å². The van der Waals surface area contributed by atoms with E-state index in [0.717, 1.165) is 29.5 Å². The average molecular weight is 452 g/mol. The van der Waals surface area contributed by atoms with Crippen LogP contribution in [-0.4, -0.2) is 29.7 Å². The Morgan fingerprint density at radius 1 is 0.882 bits per heavy atom. The van der Waals surface area contributed by atoms with E-state index in [1.54, 1.807) is 0 Å². The lowest BCUT2D eigenvalue weighted by Crippen LogP contribution is -2.35. The van der Waals surface area contributed by atoms with Gasteiger partial charge in [-0.15, -0.1) is 0 Å². The molecule has 4 nitrogen and oxygen atoms in total. The highest BCUT2D eigenvalue weighted by atomic mass is 16.7. The lowest BCUT2D eigenvalue weighted by Gasteiger charge is -2.36. The second-order valence-electron chi connectivity index (χ2n) is 8.64. The molecule has 2 heterocycles. The molecule has 0 aromatic heterocycles. The fourth-order valence-electron chi connectivity index (χ4n) is 4.83. The second kappa shape index (κ2) is 10.2. The van der Waals surface area contributed by atoms with Gasteiger partial charge in [-0.2, -0.15) is 0 Å². The molecule has 3 aromatic rings. The first-order chi connectivity index (χ1) is 16.8. The maximum atomic E-state index is 12.0. The van der Waals surface area contributed by atoms with Gasteiger partial charge in [0.1, 0.15) is 11.7 Å². The summed E-state index contributed by atoms with van der Waals surface area (Å²) in [6, 6.07) is 31.2. The molecular formula is C30H29NO3. The molecule has 1 amide bonds. The Bertz CT molecular complexity index is 1040. The molecule has 1 saturated heterocycles. The SMILES string of the molecule is O=C1CC=C[C@@H]2C[C@H](/C=C/CCOC(c3ccccc3)(c3ccccc3)c3ccccc3)ON12. The molecule has 2 atom stereocenters. The van der Waals surface area contributed by atoms with E-state index in [0.29, 0.717) is 13.0 Å². The van der Waals surface area contributed by atoms with Crippen LogP contribution < -0.4 is 0 Å². The van der Waals surface area contributed by atoms with Crippen molar-refractivity contribution in [2.75, 3.05) is 6.61 Å². The number of amides is 1. The summed E-state index contributed by atoms with van der Waals surface area (Å²) in [6.45, 7) is 0.536. The Labute approximate surface area is 201 Å². The number of carbonyl (C=O) groups is 1. The van der Waals surface area contributed by atoms with Gasteiger partial charge in [0.05, 0.1) is 12.6 Å². The van der Waals surface area contributed by atoms with Crippen LogP contribution in [0.3, 0.4) is 0 Å². The molecule has 0 saturated carbocycles. The molecule has 5 rings (SSSR count). The predicted octanol–water partition coefficient (Wildman–Crippen LogP) is 5.80. The lowest BCUT2D eigenvalue weighted by molar-refractivity contribution is -0.180. The van der Waals surface area contributed by atoms with E-state index in [-0.39, 0.29) is 18.1 Å². The van der Waals surface area contributed by atoms with Gasteiger partial charge >= 0.3 is 0 Å². The van der Waals surface area contributed by atoms with Crippen LogP contribution in [0, 0.1) is 0 Å². The Morgan fingerprint density at radius 3 is 1.97 bits per heavy atom. The van der Waals surface area contributed by atoms with Crippen LogP contribution in [0.1, 0.15) is 36.0 Å². The Hall–Kier alpha value is -3.47. The van der Waals surface area contributed by atoms with Gasteiger partial charge in [0.2, 0.25) is 0 Å². The number of ether oxygens (including phenoxy) is 1. The quantitative estimate of drug-likeness (QED) is 0.247. The maximum Gasteiger partial charge on any atom is 0.250 e. The summed E-state index contributed by atoms with van der Waals surface area (Å²) in [5.74, 6) is 0.0325. The third-order valence-corrected chi connectivity index (χ3v) is 6.42. The zero-order valence-electron chi connectivity index (χ0n) is 19.1. The van der Waals surface area contributed by atoms with Gasteiger partial charge in [-0.1, -0.05) is 115 Å². The molecule has 2 aliphatic heterocycles. The molecule has 0 spiro atoms. The summed E-state index contributed by atoms with van der Waals surface area (Å²) < 4.78 is 6.80. The minimum Gasteiger partial charge on any atom is -0.361 e. The molecular weight excluding hydrogens is 422 g/mol. The van der Waals surface area contributed by atoms with Crippen molar-refractivity contribution in [2.45, 2.75) is 37.0 Å². The van der Waals surface area contributed by atoms with Crippen molar-refractivity contribution in [2.24, 2.45) is 0 Å². The van der Waals surface area contributed by atoms with Crippen LogP contribution in [0.5, 0.6) is 0 Å². The molecule has 3 aromatic carbocycles. The van der Waals surface area contributed by atoms with Crippen molar-refractivity contribution in [3.05, 3.63) is 132 Å². The third kappa shape index (κ3) is 4.47. The Kier molecular flexibility index (Phi) is 6.70. The Balaban J connectivity index is 1.35. The number of fused-ring (bicyclic) bond motifs is 1. The molecule has 4 heteroatoms. The number of nitrogens with zero attached hydrogens (tertiary/aromatic N) is 1. The van der Waals surface area contributed by atoms with Crippen molar-refractivity contribution < 1.29 is 14.4 Å². The van der Waals surface area contributed by atoms with Crippen LogP contribution in [0.2, 0.25) is 0 Å². The number of hydroxylamine groups is 2. The highest BCUT2D eigenvalue weighted by molar-refractivity contribution is 5.78. The van der Waals surface area contributed by atoms with Crippen molar-refractivity contribution in [3.63, 3.8) is 0 Å². The van der Waals surface area contributed by atoms with E-state index >= 15 is 0 Å². The van der Waals surface area contributed by atoms with Crippen LogP contribution in [0.4, 0.5) is 0 Å². The van der Waals surface area contributed by atoms with E-state index in [1.165, 1.54) is 5.06 Å². The normalized spacial score (nSPS) is 20.1. The summed E-state index contributed by atoms with van der Waals surface area (Å²) in [6.07, 6.45) is 10.0. The predicted molar refractivity (Wildman–Crippen MR) is 133 cm³/mol. The van der Waals surface area contributed by atoms with Gasteiger partial charge in [0, 0.05) is 12.8 Å². The minimum atomic E-state index is -0.709. The number of hydrogen-bond acceptors (Lipinski definition) is 3. The monoisotopic (exact) mass is 451 g/mol. The summed E-state index contributed by atoms with van der Waals surface area (Å²) >= 11 is 0. The summed E-state index contributed by atoms with van der Waals surface area (Å²) in [4.78, 5) is 17.9. The van der Waals surface area contributed by atoms with E-state index in [4.69, 9.17) is 9.57 Å². The molecule has 172 valence electrons. The van der Waals surface area contributed by atoms with Crippen molar-refractivity contribution in [1.29, 1.82) is 0 Å². The maximum absolute atomic E-state index is 12.0. The standard InChI is InChI=1S/C30H29NO3/c32-29-21-12-19-27-23-28(34-31(27)29)20-10-11-22-33-30(24-13-4-1-5-14-24,25-15-6-2-7-16-25)26-17-8-3-9-18-26/h1-10,12-20,27-28H,11,21-23H2/b20-10+/t27-,28+/m1/s1. The van der Waals surface area contributed by atoms with E-state index in [1.807, 2.05) is 24.3 Å².